The largest absolute Gasteiger partial charge is 0.543 e. The number of aromatic amines is 1. The van der Waals surface area contributed by atoms with Gasteiger partial charge in [-0.1, -0.05) is 6.07 Å². The Kier molecular flexibility index (Phi) is 6.86. The molecule has 27 heavy (non-hydrogen) atoms. The van der Waals surface area contributed by atoms with E-state index in [9.17, 15) is 23.1 Å². The Labute approximate surface area is 154 Å². The third-order valence-corrected chi connectivity index (χ3v) is 3.78. The molecule has 6 nitrogen and oxygen atoms in total. The van der Waals surface area contributed by atoms with Crippen LogP contribution in [0, 0.1) is 0 Å². The molecular weight excluding hydrogens is 365 g/mol. The first-order valence-corrected chi connectivity index (χ1v) is 8.33. The highest BCUT2D eigenvalue weighted by molar-refractivity contribution is 5.90. The topological polar surface area (TPSA) is 86.4 Å². The number of carbonyl (C=O) groups excluding carboxylic acids is 1. The summed E-state index contributed by atoms with van der Waals surface area (Å²) in [5.41, 5.74) is 0.0227. The summed E-state index contributed by atoms with van der Waals surface area (Å²) in [6.07, 6.45) is -4.05. The molecule has 0 saturated carbocycles. The van der Waals surface area contributed by atoms with E-state index in [1.165, 1.54) is 18.3 Å². The standard InChI is InChI=1S/C18H21F3N2O4/c1-3-26-17(27-4-2)13-9-12(18(19,20)21)6-5-11(13)10-23-14-7-8-22-15(14)16(24)25/h5-9,17,22-23H,3-4,10H2,1-2H3,(H,24,25)/p-1. The van der Waals surface area contributed by atoms with Crippen molar-refractivity contribution in [2.75, 3.05) is 18.5 Å². The van der Waals surface area contributed by atoms with E-state index >= 15 is 0 Å². The number of H-pyrrole nitrogens is 1. The quantitative estimate of drug-likeness (QED) is 0.648. The van der Waals surface area contributed by atoms with E-state index in [-0.39, 0.29) is 36.7 Å². The number of aromatic nitrogens is 1. The number of nitrogens with one attached hydrogen (secondary N) is 2. The van der Waals surface area contributed by atoms with Crippen LogP contribution in [0.1, 0.15) is 47.3 Å². The fourth-order valence-electron chi connectivity index (χ4n) is 2.56. The predicted octanol–water partition coefficient (Wildman–Crippen LogP) is 3.08. The van der Waals surface area contributed by atoms with Gasteiger partial charge in [0.05, 0.1) is 22.9 Å². The monoisotopic (exact) mass is 385 g/mol. The fourth-order valence-corrected chi connectivity index (χ4v) is 2.56. The lowest BCUT2D eigenvalue weighted by molar-refractivity contribution is -0.255. The highest BCUT2D eigenvalue weighted by Gasteiger charge is 2.32. The molecule has 2 rings (SSSR count). The Morgan fingerprint density at radius 1 is 1.22 bits per heavy atom. The molecule has 0 aliphatic heterocycles. The molecular formula is C18H20F3N2O4-. The predicted molar refractivity (Wildman–Crippen MR) is 89.9 cm³/mol. The number of hydrogen-bond donors (Lipinski definition) is 2. The smallest absolute Gasteiger partial charge is 0.416 e. The second-order valence-corrected chi connectivity index (χ2v) is 5.56. The van der Waals surface area contributed by atoms with E-state index in [4.69, 9.17) is 9.47 Å². The third kappa shape index (κ3) is 5.24. The van der Waals surface area contributed by atoms with Crippen molar-refractivity contribution in [3.05, 3.63) is 52.8 Å². The number of halogens is 3. The van der Waals surface area contributed by atoms with Gasteiger partial charge in [-0.05, 0) is 37.6 Å². The van der Waals surface area contributed by atoms with E-state index in [1.54, 1.807) is 13.8 Å². The minimum Gasteiger partial charge on any atom is -0.543 e. The highest BCUT2D eigenvalue weighted by atomic mass is 19.4. The molecule has 0 unspecified atom stereocenters. The van der Waals surface area contributed by atoms with Crippen molar-refractivity contribution >= 4 is 11.7 Å². The van der Waals surface area contributed by atoms with Gasteiger partial charge in [0.15, 0.2) is 6.29 Å². The van der Waals surface area contributed by atoms with Crippen LogP contribution in [0.4, 0.5) is 18.9 Å². The number of anilines is 1. The number of carboxylic acids is 1. The zero-order valence-electron chi connectivity index (χ0n) is 14.9. The van der Waals surface area contributed by atoms with Crippen molar-refractivity contribution in [2.45, 2.75) is 32.9 Å². The van der Waals surface area contributed by atoms with Gasteiger partial charge in [0.1, 0.15) is 0 Å². The molecule has 0 spiro atoms. The lowest BCUT2D eigenvalue weighted by Crippen LogP contribution is -2.24. The summed E-state index contributed by atoms with van der Waals surface area (Å²) >= 11 is 0. The zero-order chi connectivity index (χ0) is 20.0. The number of rotatable bonds is 9. The van der Waals surface area contributed by atoms with Crippen LogP contribution < -0.4 is 10.4 Å². The molecule has 148 valence electrons. The molecule has 9 heteroatoms. The van der Waals surface area contributed by atoms with Crippen molar-refractivity contribution in [2.24, 2.45) is 0 Å². The van der Waals surface area contributed by atoms with E-state index in [2.05, 4.69) is 10.3 Å². The first kappa shape index (κ1) is 20.8. The lowest BCUT2D eigenvalue weighted by atomic mass is 10.0. The Bertz CT molecular complexity index is 768. The van der Waals surface area contributed by atoms with Gasteiger partial charge in [0.25, 0.3) is 0 Å². The Morgan fingerprint density at radius 2 is 1.89 bits per heavy atom. The average Bonchev–Trinajstić information content (AvgIpc) is 3.07. The summed E-state index contributed by atoms with van der Waals surface area (Å²) in [4.78, 5) is 13.6. The molecule has 2 aromatic rings. The van der Waals surface area contributed by atoms with E-state index in [1.807, 2.05) is 0 Å². The fraction of sp³-hybridized carbons (Fsp3) is 0.389. The number of hydrogen-bond acceptors (Lipinski definition) is 5. The molecule has 1 aromatic heterocycles. The molecule has 1 aromatic carbocycles. The number of aromatic carboxylic acids is 1. The number of benzene rings is 1. The van der Waals surface area contributed by atoms with E-state index in [0.29, 0.717) is 5.56 Å². The van der Waals surface area contributed by atoms with Crippen LogP contribution in [-0.4, -0.2) is 24.2 Å². The third-order valence-electron chi connectivity index (χ3n) is 3.78. The van der Waals surface area contributed by atoms with Crippen LogP contribution >= 0.6 is 0 Å². The maximum absolute atomic E-state index is 13.1. The molecule has 0 fully saturated rings. The van der Waals surface area contributed by atoms with Crippen molar-refractivity contribution in [3.8, 4) is 0 Å². The molecule has 0 amide bonds. The van der Waals surface area contributed by atoms with Gasteiger partial charge in [-0.2, -0.15) is 13.2 Å². The zero-order valence-corrected chi connectivity index (χ0v) is 14.9. The minimum absolute atomic E-state index is 0.0717. The van der Waals surface area contributed by atoms with Gasteiger partial charge >= 0.3 is 6.18 Å². The maximum atomic E-state index is 13.1. The van der Waals surface area contributed by atoms with Crippen molar-refractivity contribution < 1.29 is 32.5 Å². The minimum atomic E-state index is -4.51. The van der Waals surface area contributed by atoms with Gasteiger partial charge < -0.3 is 29.7 Å². The normalized spacial score (nSPS) is 11.8. The number of carbonyl (C=O) groups is 1. The van der Waals surface area contributed by atoms with E-state index < -0.39 is 24.0 Å². The molecule has 0 bridgehead atoms. The number of alkyl halides is 3. The SMILES string of the molecule is CCOC(OCC)c1cc(C(F)(F)F)ccc1CNc1cc[nH]c1C(=O)[O-]. The Morgan fingerprint density at radius 3 is 2.44 bits per heavy atom. The van der Waals surface area contributed by atoms with Gasteiger partial charge in [0, 0.05) is 31.5 Å². The number of carboxylic acid groups (broad SMARTS) is 1. The van der Waals surface area contributed by atoms with Gasteiger partial charge in [0.2, 0.25) is 0 Å². The van der Waals surface area contributed by atoms with Crippen molar-refractivity contribution in [1.82, 2.24) is 4.98 Å². The van der Waals surface area contributed by atoms with Crippen molar-refractivity contribution in [3.63, 3.8) is 0 Å². The summed E-state index contributed by atoms with van der Waals surface area (Å²) in [5, 5.41) is 13.9. The molecule has 0 radical (unpaired) electrons. The summed E-state index contributed by atoms with van der Waals surface area (Å²) in [5.74, 6) is -1.39. The summed E-state index contributed by atoms with van der Waals surface area (Å²) < 4.78 is 50.2. The molecule has 0 aliphatic rings. The first-order valence-electron chi connectivity index (χ1n) is 8.33. The molecule has 0 aliphatic carbocycles. The Balaban J connectivity index is 2.35. The van der Waals surface area contributed by atoms with Crippen LogP contribution in [0.15, 0.2) is 30.5 Å². The summed E-state index contributed by atoms with van der Waals surface area (Å²) in [6, 6.07) is 4.77. The Hall–Kier alpha value is -2.52. The van der Waals surface area contributed by atoms with Crippen LogP contribution in [0.3, 0.4) is 0 Å². The second kappa shape index (κ2) is 8.92. The summed E-state index contributed by atoms with van der Waals surface area (Å²) in [6.45, 7) is 4.00. The van der Waals surface area contributed by atoms with E-state index in [0.717, 1.165) is 12.1 Å². The van der Waals surface area contributed by atoms with Crippen LogP contribution in [0.5, 0.6) is 0 Å². The summed E-state index contributed by atoms with van der Waals surface area (Å²) in [7, 11) is 0. The number of ether oxygens (including phenoxy) is 2. The first-order chi connectivity index (χ1) is 12.8. The average molecular weight is 385 g/mol. The van der Waals surface area contributed by atoms with Crippen molar-refractivity contribution in [1.29, 1.82) is 0 Å². The molecule has 0 saturated heterocycles. The van der Waals surface area contributed by atoms with Gasteiger partial charge in [-0.15, -0.1) is 0 Å². The highest BCUT2D eigenvalue weighted by Crippen LogP contribution is 2.34. The maximum Gasteiger partial charge on any atom is 0.416 e. The van der Waals surface area contributed by atoms with Gasteiger partial charge in [-0.25, -0.2) is 0 Å². The molecule has 2 N–H and O–H groups in total. The van der Waals surface area contributed by atoms with Crippen LogP contribution in [0.25, 0.3) is 0 Å². The van der Waals surface area contributed by atoms with Gasteiger partial charge in [-0.3, -0.25) is 0 Å². The lowest BCUT2D eigenvalue weighted by Gasteiger charge is -2.22. The molecule has 1 heterocycles. The molecule has 0 atom stereocenters. The van der Waals surface area contributed by atoms with Crippen LogP contribution in [-0.2, 0) is 22.2 Å². The van der Waals surface area contributed by atoms with Crippen LogP contribution in [0.2, 0.25) is 0 Å². The second-order valence-electron chi connectivity index (χ2n) is 5.56.